The van der Waals surface area contributed by atoms with Gasteiger partial charge in [-0.25, -0.2) is 4.98 Å². The van der Waals surface area contributed by atoms with E-state index in [2.05, 4.69) is 22.2 Å². The van der Waals surface area contributed by atoms with Gasteiger partial charge in [-0.1, -0.05) is 66.7 Å². The van der Waals surface area contributed by atoms with Gasteiger partial charge >= 0.3 is 0 Å². The number of carbonyl (C=O) groups excluding carboxylic acids is 1. The summed E-state index contributed by atoms with van der Waals surface area (Å²) in [4.78, 5) is 32.5. The van der Waals surface area contributed by atoms with Crippen LogP contribution in [0.3, 0.4) is 0 Å². The molecule has 0 fully saturated rings. The highest BCUT2D eigenvalue weighted by Crippen LogP contribution is 2.34. The molecule has 7 heteroatoms. The number of anilines is 1. The SMILES string of the molecule is CCc1ccc(C2CC(=O)Nc3nc(SCc4ccc(Cl)cc4)[nH]c(=O)c32)cc1. The zero-order valence-electron chi connectivity index (χ0n) is 15.9. The van der Waals surface area contributed by atoms with E-state index in [0.29, 0.717) is 27.3 Å². The zero-order chi connectivity index (χ0) is 20.4. The summed E-state index contributed by atoms with van der Waals surface area (Å²) in [5, 5.41) is 3.93. The first-order chi connectivity index (χ1) is 14.0. The zero-order valence-corrected chi connectivity index (χ0v) is 17.4. The Morgan fingerprint density at radius 3 is 2.45 bits per heavy atom. The highest BCUT2D eigenvalue weighted by molar-refractivity contribution is 7.98. The van der Waals surface area contributed by atoms with Crippen molar-refractivity contribution in [2.24, 2.45) is 0 Å². The lowest BCUT2D eigenvalue weighted by Gasteiger charge is -2.24. The Labute approximate surface area is 177 Å². The molecule has 0 aliphatic carbocycles. The lowest BCUT2D eigenvalue weighted by atomic mass is 9.86. The van der Waals surface area contributed by atoms with Crippen LogP contribution < -0.4 is 10.9 Å². The fourth-order valence-electron chi connectivity index (χ4n) is 3.42. The first-order valence-electron chi connectivity index (χ1n) is 9.43. The van der Waals surface area contributed by atoms with Crippen LogP contribution >= 0.6 is 23.4 Å². The van der Waals surface area contributed by atoms with Crippen molar-refractivity contribution in [3.63, 3.8) is 0 Å². The molecule has 2 aromatic carbocycles. The summed E-state index contributed by atoms with van der Waals surface area (Å²) in [6.07, 6.45) is 1.18. The Morgan fingerprint density at radius 2 is 1.76 bits per heavy atom. The topological polar surface area (TPSA) is 74.8 Å². The number of aryl methyl sites for hydroxylation is 1. The normalized spacial score (nSPS) is 15.7. The Balaban J connectivity index is 1.62. The predicted octanol–water partition coefficient (Wildman–Crippen LogP) is 4.75. The lowest BCUT2D eigenvalue weighted by molar-refractivity contribution is -0.116. The summed E-state index contributed by atoms with van der Waals surface area (Å²) in [7, 11) is 0. The van der Waals surface area contributed by atoms with Gasteiger partial charge in [0.25, 0.3) is 5.56 Å². The van der Waals surface area contributed by atoms with Crippen molar-refractivity contribution in [3.8, 4) is 0 Å². The number of hydrogen-bond donors (Lipinski definition) is 2. The quantitative estimate of drug-likeness (QED) is 0.456. The van der Waals surface area contributed by atoms with Gasteiger partial charge in [0.1, 0.15) is 5.82 Å². The molecule has 1 unspecified atom stereocenters. The van der Waals surface area contributed by atoms with Crippen molar-refractivity contribution >= 4 is 35.1 Å². The highest BCUT2D eigenvalue weighted by Gasteiger charge is 2.30. The summed E-state index contributed by atoms with van der Waals surface area (Å²) in [6.45, 7) is 2.09. The standard InChI is InChI=1S/C22H20ClN3O2S/c1-2-13-3-7-15(8-4-13)17-11-18(27)24-20-19(17)21(28)26-22(25-20)29-12-14-5-9-16(23)10-6-14/h3-10,17H,2,11-12H2,1H3,(H2,24,25,26,27,28). The van der Waals surface area contributed by atoms with Gasteiger partial charge in [0, 0.05) is 23.1 Å². The minimum Gasteiger partial charge on any atom is -0.310 e. The first-order valence-corrected chi connectivity index (χ1v) is 10.8. The molecule has 2 N–H and O–H groups in total. The number of amides is 1. The van der Waals surface area contributed by atoms with E-state index in [1.807, 2.05) is 48.5 Å². The number of nitrogens with one attached hydrogen (secondary N) is 2. The van der Waals surface area contributed by atoms with Crippen LogP contribution in [0.4, 0.5) is 5.82 Å². The Hall–Kier alpha value is -2.57. The van der Waals surface area contributed by atoms with Crippen molar-refractivity contribution in [1.82, 2.24) is 9.97 Å². The van der Waals surface area contributed by atoms with E-state index in [1.54, 1.807) is 0 Å². The van der Waals surface area contributed by atoms with Crippen molar-refractivity contribution in [1.29, 1.82) is 0 Å². The largest absolute Gasteiger partial charge is 0.310 e. The molecule has 0 saturated heterocycles. The van der Waals surface area contributed by atoms with Crippen LogP contribution in [0.25, 0.3) is 0 Å². The molecule has 29 heavy (non-hydrogen) atoms. The van der Waals surface area contributed by atoms with Gasteiger partial charge in [0.15, 0.2) is 5.16 Å². The van der Waals surface area contributed by atoms with Gasteiger partial charge in [-0.2, -0.15) is 0 Å². The van der Waals surface area contributed by atoms with E-state index in [1.165, 1.54) is 17.3 Å². The van der Waals surface area contributed by atoms with E-state index in [0.717, 1.165) is 17.5 Å². The number of carbonyl (C=O) groups is 1. The van der Waals surface area contributed by atoms with Gasteiger partial charge in [0.05, 0.1) is 5.56 Å². The first kappa shape index (κ1) is 19.7. The third-order valence-electron chi connectivity index (χ3n) is 5.01. The van der Waals surface area contributed by atoms with Gasteiger partial charge in [0.2, 0.25) is 5.91 Å². The fourth-order valence-corrected chi connectivity index (χ4v) is 4.36. The van der Waals surface area contributed by atoms with E-state index in [-0.39, 0.29) is 23.8 Å². The molecule has 3 aromatic rings. The van der Waals surface area contributed by atoms with Crippen LogP contribution in [-0.4, -0.2) is 15.9 Å². The molecule has 5 nitrogen and oxygen atoms in total. The van der Waals surface area contributed by atoms with Crippen LogP contribution in [0.15, 0.2) is 58.5 Å². The minimum absolute atomic E-state index is 0.131. The van der Waals surface area contributed by atoms with Crippen molar-refractivity contribution in [3.05, 3.63) is 86.2 Å². The number of halogens is 1. The van der Waals surface area contributed by atoms with Crippen LogP contribution in [0, 0.1) is 0 Å². The van der Waals surface area contributed by atoms with Crippen LogP contribution in [-0.2, 0) is 17.0 Å². The monoisotopic (exact) mass is 425 g/mol. The smallest absolute Gasteiger partial charge is 0.257 e. The summed E-state index contributed by atoms with van der Waals surface area (Å²) < 4.78 is 0. The van der Waals surface area contributed by atoms with E-state index >= 15 is 0 Å². The molecular weight excluding hydrogens is 406 g/mol. The van der Waals surface area contributed by atoms with Gasteiger partial charge in [-0.15, -0.1) is 0 Å². The van der Waals surface area contributed by atoms with Crippen molar-refractivity contribution < 1.29 is 4.79 Å². The predicted molar refractivity (Wildman–Crippen MR) is 117 cm³/mol. The van der Waals surface area contributed by atoms with Crippen LogP contribution in [0.5, 0.6) is 0 Å². The second kappa shape index (κ2) is 8.43. The number of nitrogens with zero attached hydrogens (tertiary/aromatic N) is 1. The third kappa shape index (κ3) is 4.38. The molecule has 1 aromatic heterocycles. The second-order valence-corrected chi connectivity index (χ2v) is 8.35. The van der Waals surface area contributed by atoms with Gasteiger partial charge in [-0.05, 0) is 35.2 Å². The molecule has 1 aliphatic heterocycles. The highest BCUT2D eigenvalue weighted by atomic mass is 35.5. The number of fused-ring (bicyclic) bond motifs is 1. The molecule has 1 aliphatic rings. The maximum Gasteiger partial charge on any atom is 0.257 e. The molecule has 0 saturated carbocycles. The van der Waals surface area contributed by atoms with E-state index in [9.17, 15) is 9.59 Å². The Kier molecular flexibility index (Phi) is 5.74. The fraction of sp³-hybridized carbons (Fsp3) is 0.227. The Morgan fingerprint density at radius 1 is 1.07 bits per heavy atom. The third-order valence-corrected chi connectivity index (χ3v) is 6.20. The molecule has 0 bridgehead atoms. The molecule has 0 radical (unpaired) electrons. The summed E-state index contributed by atoms with van der Waals surface area (Å²) in [5.41, 5.74) is 3.54. The molecule has 0 spiro atoms. The number of H-pyrrole nitrogens is 1. The molecule has 1 amide bonds. The minimum atomic E-state index is -0.295. The maximum absolute atomic E-state index is 12.9. The van der Waals surface area contributed by atoms with E-state index < -0.39 is 0 Å². The number of rotatable bonds is 5. The summed E-state index contributed by atoms with van der Waals surface area (Å²) in [6, 6.07) is 15.6. The number of aromatic amines is 1. The molecule has 1 atom stereocenters. The molecule has 148 valence electrons. The number of benzene rings is 2. The van der Waals surface area contributed by atoms with Gasteiger partial charge < -0.3 is 10.3 Å². The van der Waals surface area contributed by atoms with E-state index in [4.69, 9.17) is 11.6 Å². The van der Waals surface area contributed by atoms with Crippen molar-refractivity contribution in [2.75, 3.05) is 5.32 Å². The maximum atomic E-state index is 12.9. The van der Waals surface area contributed by atoms with Gasteiger partial charge in [-0.3, -0.25) is 9.59 Å². The molecular formula is C22H20ClN3O2S. The Bertz CT molecular complexity index is 1090. The number of thioether (sulfide) groups is 1. The van der Waals surface area contributed by atoms with Crippen molar-refractivity contribution in [2.45, 2.75) is 36.6 Å². The summed E-state index contributed by atoms with van der Waals surface area (Å²) >= 11 is 7.33. The average Bonchev–Trinajstić information content (AvgIpc) is 2.72. The van der Waals surface area contributed by atoms with Crippen LogP contribution in [0.1, 0.15) is 41.5 Å². The summed E-state index contributed by atoms with van der Waals surface area (Å²) in [5.74, 6) is 0.563. The molecule has 2 heterocycles. The second-order valence-electron chi connectivity index (χ2n) is 6.95. The van der Waals surface area contributed by atoms with Crippen LogP contribution in [0.2, 0.25) is 5.02 Å². The lowest BCUT2D eigenvalue weighted by Crippen LogP contribution is -2.31. The number of hydrogen-bond acceptors (Lipinski definition) is 4. The average molecular weight is 426 g/mol. The molecule has 4 rings (SSSR count). The number of aromatic nitrogens is 2.